The van der Waals surface area contributed by atoms with E-state index in [1.54, 1.807) is 6.07 Å². The summed E-state index contributed by atoms with van der Waals surface area (Å²) >= 11 is 6.20. The zero-order valence-electron chi connectivity index (χ0n) is 9.61. The summed E-state index contributed by atoms with van der Waals surface area (Å²) in [6.45, 7) is 2.59. The predicted octanol–water partition coefficient (Wildman–Crippen LogP) is 3.99. The van der Waals surface area contributed by atoms with Gasteiger partial charge in [-0.1, -0.05) is 35.9 Å². The first-order valence-corrected chi connectivity index (χ1v) is 5.87. The van der Waals surface area contributed by atoms with Crippen LogP contribution in [-0.4, -0.2) is 6.61 Å². The molecule has 2 nitrogen and oxygen atoms in total. The van der Waals surface area contributed by atoms with E-state index in [2.05, 4.69) is 0 Å². The number of benzene rings is 2. The molecule has 0 saturated heterocycles. The van der Waals surface area contributed by atoms with Crippen molar-refractivity contribution in [3.63, 3.8) is 0 Å². The van der Waals surface area contributed by atoms with Crippen LogP contribution >= 0.6 is 11.6 Å². The summed E-state index contributed by atoms with van der Waals surface area (Å²) in [7, 11) is 0. The lowest BCUT2D eigenvalue weighted by molar-refractivity contribution is 0.341. The van der Waals surface area contributed by atoms with Crippen LogP contribution in [0.25, 0.3) is 11.1 Å². The van der Waals surface area contributed by atoms with Gasteiger partial charge in [0.25, 0.3) is 0 Å². The van der Waals surface area contributed by atoms with E-state index in [0.29, 0.717) is 17.3 Å². The molecule has 0 amide bonds. The van der Waals surface area contributed by atoms with Crippen molar-refractivity contribution in [3.05, 3.63) is 47.5 Å². The maximum Gasteiger partial charge on any atom is 0.127 e. The Kier molecular flexibility index (Phi) is 3.55. The zero-order valence-corrected chi connectivity index (χ0v) is 10.4. The van der Waals surface area contributed by atoms with Crippen molar-refractivity contribution in [2.45, 2.75) is 6.92 Å². The predicted molar refractivity (Wildman–Crippen MR) is 72.5 cm³/mol. The summed E-state index contributed by atoms with van der Waals surface area (Å²) in [5, 5.41) is 0.636. The summed E-state index contributed by atoms with van der Waals surface area (Å²) in [5.74, 6) is 0.835. The van der Waals surface area contributed by atoms with E-state index >= 15 is 0 Å². The van der Waals surface area contributed by atoms with Crippen LogP contribution in [-0.2, 0) is 0 Å². The fourth-order valence-electron chi connectivity index (χ4n) is 1.72. The van der Waals surface area contributed by atoms with Gasteiger partial charge in [0.1, 0.15) is 5.75 Å². The van der Waals surface area contributed by atoms with Gasteiger partial charge in [-0.3, -0.25) is 0 Å². The van der Waals surface area contributed by atoms with Gasteiger partial charge in [-0.25, -0.2) is 0 Å². The lowest BCUT2D eigenvalue weighted by Crippen LogP contribution is -1.94. The standard InChI is InChI=1S/C14H14ClNO/c1-2-17-14-6-4-3-5-12(14)11-8-7-10(16)9-13(11)15/h3-9H,2,16H2,1H3. The summed E-state index contributed by atoms with van der Waals surface area (Å²) in [6.07, 6.45) is 0. The SMILES string of the molecule is CCOc1ccccc1-c1ccc(N)cc1Cl. The van der Waals surface area contributed by atoms with Gasteiger partial charge in [0.15, 0.2) is 0 Å². The fraction of sp³-hybridized carbons (Fsp3) is 0.143. The molecule has 0 aromatic heterocycles. The highest BCUT2D eigenvalue weighted by Crippen LogP contribution is 2.35. The third-order valence-corrected chi connectivity index (χ3v) is 2.78. The molecule has 2 rings (SSSR count). The maximum absolute atomic E-state index is 6.20. The van der Waals surface area contributed by atoms with Crippen molar-refractivity contribution in [2.75, 3.05) is 12.3 Å². The molecule has 0 aliphatic rings. The van der Waals surface area contributed by atoms with Gasteiger partial charge in [0.05, 0.1) is 11.6 Å². The van der Waals surface area contributed by atoms with Crippen molar-refractivity contribution in [2.24, 2.45) is 0 Å². The molecule has 0 bridgehead atoms. The minimum atomic E-state index is 0.629. The number of ether oxygens (including phenoxy) is 1. The molecule has 0 radical (unpaired) electrons. The second kappa shape index (κ2) is 5.11. The number of anilines is 1. The number of para-hydroxylation sites is 1. The van der Waals surface area contributed by atoms with E-state index in [0.717, 1.165) is 16.9 Å². The fourth-order valence-corrected chi connectivity index (χ4v) is 2.01. The lowest BCUT2D eigenvalue weighted by atomic mass is 10.0. The van der Waals surface area contributed by atoms with Crippen LogP contribution in [0.3, 0.4) is 0 Å². The van der Waals surface area contributed by atoms with Crippen LogP contribution in [0.2, 0.25) is 5.02 Å². The first-order chi connectivity index (χ1) is 8.22. The Morgan fingerprint density at radius 1 is 1.12 bits per heavy atom. The number of hydrogen-bond acceptors (Lipinski definition) is 2. The van der Waals surface area contributed by atoms with E-state index in [4.69, 9.17) is 22.1 Å². The minimum absolute atomic E-state index is 0.629. The van der Waals surface area contributed by atoms with E-state index in [1.807, 2.05) is 43.3 Å². The first-order valence-electron chi connectivity index (χ1n) is 5.49. The monoisotopic (exact) mass is 247 g/mol. The quantitative estimate of drug-likeness (QED) is 0.833. The van der Waals surface area contributed by atoms with Crippen molar-refractivity contribution in [3.8, 4) is 16.9 Å². The molecule has 88 valence electrons. The summed E-state index contributed by atoms with van der Waals surface area (Å²) < 4.78 is 5.59. The Balaban J connectivity index is 2.52. The van der Waals surface area contributed by atoms with Crippen LogP contribution < -0.4 is 10.5 Å². The van der Waals surface area contributed by atoms with Crippen LogP contribution in [0.4, 0.5) is 5.69 Å². The summed E-state index contributed by atoms with van der Waals surface area (Å²) in [6, 6.07) is 13.3. The number of rotatable bonds is 3. The summed E-state index contributed by atoms with van der Waals surface area (Å²) in [5.41, 5.74) is 8.27. The zero-order chi connectivity index (χ0) is 12.3. The van der Waals surface area contributed by atoms with Gasteiger partial charge < -0.3 is 10.5 Å². The molecule has 0 heterocycles. The highest BCUT2D eigenvalue weighted by atomic mass is 35.5. The van der Waals surface area contributed by atoms with E-state index in [-0.39, 0.29) is 0 Å². The number of halogens is 1. The van der Waals surface area contributed by atoms with Crippen molar-refractivity contribution in [1.82, 2.24) is 0 Å². The van der Waals surface area contributed by atoms with Gasteiger partial charge in [-0.15, -0.1) is 0 Å². The number of nitrogens with two attached hydrogens (primary N) is 1. The van der Waals surface area contributed by atoms with Gasteiger partial charge in [-0.05, 0) is 25.1 Å². The number of hydrogen-bond donors (Lipinski definition) is 1. The molecule has 17 heavy (non-hydrogen) atoms. The van der Waals surface area contributed by atoms with Crippen molar-refractivity contribution < 1.29 is 4.74 Å². The second-order valence-electron chi connectivity index (χ2n) is 3.67. The Bertz CT molecular complexity index is 525. The van der Waals surface area contributed by atoms with E-state index in [1.165, 1.54) is 0 Å². The molecule has 0 atom stereocenters. The van der Waals surface area contributed by atoms with E-state index in [9.17, 15) is 0 Å². The van der Waals surface area contributed by atoms with Crippen molar-refractivity contribution in [1.29, 1.82) is 0 Å². The normalized spacial score (nSPS) is 10.2. The molecule has 2 aromatic rings. The molecule has 0 unspecified atom stereocenters. The van der Waals surface area contributed by atoms with Crippen LogP contribution in [0.15, 0.2) is 42.5 Å². The van der Waals surface area contributed by atoms with Crippen LogP contribution in [0, 0.1) is 0 Å². The first kappa shape index (κ1) is 11.8. The van der Waals surface area contributed by atoms with Gasteiger partial charge >= 0.3 is 0 Å². The van der Waals surface area contributed by atoms with Crippen molar-refractivity contribution >= 4 is 17.3 Å². The van der Waals surface area contributed by atoms with Crippen LogP contribution in [0.5, 0.6) is 5.75 Å². The largest absolute Gasteiger partial charge is 0.493 e. The smallest absolute Gasteiger partial charge is 0.127 e. The summed E-state index contributed by atoms with van der Waals surface area (Å²) in [4.78, 5) is 0. The Hall–Kier alpha value is -1.67. The molecule has 0 spiro atoms. The van der Waals surface area contributed by atoms with Crippen LogP contribution in [0.1, 0.15) is 6.92 Å². The highest BCUT2D eigenvalue weighted by molar-refractivity contribution is 6.33. The third-order valence-electron chi connectivity index (χ3n) is 2.47. The Morgan fingerprint density at radius 2 is 1.88 bits per heavy atom. The Labute approximate surface area is 106 Å². The third kappa shape index (κ3) is 2.53. The average Bonchev–Trinajstić information content (AvgIpc) is 2.31. The van der Waals surface area contributed by atoms with Gasteiger partial charge in [0.2, 0.25) is 0 Å². The van der Waals surface area contributed by atoms with E-state index < -0.39 is 0 Å². The molecule has 3 heteroatoms. The average molecular weight is 248 g/mol. The topological polar surface area (TPSA) is 35.2 Å². The molecule has 0 saturated carbocycles. The highest BCUT2D eigenvalue weighted by Gasteiger charge is 2.09. The van der Waals surface area contributed by atoms with Gasteiger partial charge in [-0.2, -0.15) is 0 Å². The minimum Gasteiger partial charge on any atom is -0.493 e. The second-order valence-corrected chi connectivity index (χ2v) is 4.08. The molecule has 0 aliphatic heterocycles. The lowest BCUT2D eigenvalue weighted by Gasteiger charge is -2.11. The molecule has 2 N–H and O–H groups in total. The molecular formula is C14H14ClNO. The number of nitrogen functional groups attached to an aromatic ring is 1. The molecule has 2 aromatic carbocycles. The molecular weight excluding hydrogens is 234 g/mol. The molecule has 0 aliphatic carbocycles. The maximum atomic E-state index is 6.20. The Morgan fingerprint density at radius 3 is 2.59 bits per heavy atom. The molecule has 0 fully saturated rings. The van der Waals surface area contributed by atoms with Gasteiger partial charge in [0, 0.05) is 16.8 Å².